The highest BCUT2D eigenvalue weighted by atomic mass is 16.8. The average molecular weight is 811 g/mol. The zero-order valence-electron chi connectivity index (χ0n) is 36.2. The van der Waals surface area contributed by atoms with Gasteiger partial charge in [0, 0.05) is 35.9 Å². The molecule has 0 radical (unpaired) electrons. The highest BCUT2D eigenvalue weighted by Crippen LogP contribution is 2.41. The predicted molar refractivity (Wildman–Crippen MR) is 229 cm³/mol. The van der Waals surface area contributed by atoms with Crippen molar-refractivity contribution < 1.29 is 33.2 Å². The molecule has 2 aromatic carbocycles. The molecule has 2 fully saturated rings. The molecule has 2 unspecified atom stereocenters. The standard InChI is InChI=1S/C48H66N4O7/c1-7-9-11-13-15-17-27-53-45-49-29-39(30-50-45)35-19-23-37(24-20-35)43(41-33-55-47(3,4)58-41)57-44(42-34-56-48(5,6)59-42)38-25-21-36(22-26-38)40-31-51-46(52-32-40)54-28-18-16-14-12-10-8-2/h19-26,29-32,41-44H,7-18,27-28,33-34H2,1-6H3/t41?,42?,43-,44-/m0/s1. The summed E-state index contributed by atoms with van der Waals surface area (Å²) in [6, 6.07) is 17.4. The zero-order valence-corrected chi connectivity index (χ0v) is 36.2. The van der Waals surface area contributed by atoms with Crippen LogP contribution < -0.4 is 9.47 Å². The lowest BCUT2D eigenvalue weighted by Gasteiger charge is -2.32. The van der Waals surface area contributed by atoms with Gasteiger partial charge < -0.3 is 33.2 Å². The van der Waals surface area contributed by atoms with Gasteiger partial charge in [0.15, 0.2) is 11.6 Å². The highest BCUT2D eigenvalue weighted by Gasteiger charge is 2.44. The summed E-state index contributed by atoms with van der Waals surface area (Å²) in [5, 5.41) is 0. The minimum Gasteiger partial charge on any atom is -0.463 e. The minimum atomic E-state index is -0.745. The molecular formula is C48H66N4O7. The van der Waals surface area contributed by atoms with Gasteiger partial charge in [0.05, 0.1) is 26.4 Å². The molecule has 0 bridgehead atoms. The molecular weight excluding hydrogens is 745 g/mol. The van der Waals surface area contributed by atoms with Crippen LogP contribution >= 0.6 is 0 Å². The van der Waals surface area contributed by atoms with Crippen molar-refractivity contribution in [3.63, 3.8) is 0 Å². The first-order valence-electron chi connectivity index (χ1n) is 22.0. The number of ether oxygens (including phenoxy) is 7. The van der Waals surface area contributed by atoms with Gasteiger partial charge >= 0.3 is 12.0 Å². The van der Waals surface area contributed by atoms with Crippen LogP contribution in [0.5, 0.6) is 12.0 Å². The Morgan fingerprint density at radius 1 is 0.508 bits per heavy atom. The summed E-state index contributed by atoms with van der Waals surface area (Å²) in [6.45, 7) is 14.2. The molecule has 2 aliphatic heterocycles. The van der Waals surface area contributed by atoms with Gasteiger partial charge in [0.2, 0.25) is 0 Å². The Hall–Kier alpha value is -4.00. The summed E-state index contributed by atoms with van der Waals surface area (Å²) >= 11 is 0. The fourth-order valence-corrected chi connectivity index (χ4v) is 7.55. The van der Waals surface area contributed by atoms with Crippen molar-refractivity contribution in [2.75, 3.05) is 26.4 Å². The molecule has 0 aliphatic carbocycles. The topological polar surface area (TPSA) is 116 Å². The van der Waals surface area contributed by atoms with Crippen LogP contribution in [0, 0.1) is 0 Å². The quantitative estimate of drug-likeness (QED) is 0.0630. The third-order valence-electron chi connectivity index (χ3n) is 10.9. The molecule has 11 nitrogen and oxygen atoms in total. The van der Waals surface area contributed by atoms with Gasteiger partial charge in [-0.25, -0.2) is 19.9 Å². The van der Waals surface area contributed by atoms with Crippen molar-refractivity contribution in [1.82, 2.24) is 19.9 Å². The Balaban J connectivity index is 1.14. The fourth-order valence-electron chi connectivity index (χ4n) is 7.55. The van der Waals surface area contributed by atoms with E-state index in [4.69, 9.17) is 33.2 Å². The number of nitrogens with zero attached hydrogens (tertiary/aromatic N) is 4. The second kappa shape index (κ2) is 22.0. The van der Waals surface area contributed by atoms with Crippen LogP contribution in [-0.2, 0) is 23.7 Å². The minimum absolute atomic E-state index is 0.363. The maximum atomic E-state index is 7.16. The smallest absolute Gasteiger partial charge is 0.316 e. The van der Waals surface area contributed by atoms with Crippen LogP contribution in [0.25, 0.3) is 22.3 Å². The largest absolute Gasteiger partial charge is 0.463 e. The van der Waals surface area contributed by atoms with Crippen molar-refractivity contribution in [1.29, 1.82) is 0 Å². The molecule has 59 heavy (non-hydrogen) atoms. The van der Waals surface area contributed by atoms with E-state index < -0.39 is 23.8 Å². The molecule has 0 saturated carbocycles. The van der Waals surface area contributed by atoms with Crippen molar-refractivity contribution in [2.24, 2.45) is 0 Å². The molecule has 0 N–H and O–H groups in total. The van der Waals surface area contributed by atoms with Crippen molar-refractivity contribution in [2.45, 2.75) is 155 Å². The SMILES string of the molecule is CCCCCCCCOc1ncc(-c2ccc([C@H](O[C@@H](c3ccc(-c4cnc(OCCCCCCCC)nc4)cc3)C3COC(C)(C)O3)C3COC(C)(C)O3)cc2)cn1. The molecule has 4 heterocycles. The predicted octanol–water partition coefficient (Wildman–Crippen LogP) is 11.2. The molecule has 2 aromatic heterocycles. The van der Waals surface area contributed by atoms with E-state index in [2.05, 4.69) is 82.3 Å². The Labute approximate surface area is 351 Å². The molecule has 11 heteroatoms. The van der Waals surface area contributed by atoms with Crippen molar-refractivity contribution in [3.8, 4) is 34.3 Å². The number of rotatable bonds is 24. The van der Waals surface area contributed by atoms with Crippen molar-refractivity contribution >= 4 is 0 Å². The molecule has 0 spiro atoms. The molecule has 0 amide bonds. The Kier molecular flexibility index (Phi) is 16.6. The third kappa shape index (κ3) is 13.5. The Bertz CT molecular complexity index is 1670. The number of benzene rings is 2. The van der Waals surface area contributed by atoms with Gasteiger partial charge in [-0.3, -0.25) is 0 Å². The first kappa shape index (κ1) is 44.5. The summed E-state index contributed by atoms with van der Waals surface area (Å²) < 4.78 is 43.9. The summed E-state index contributed by atoms with van der Waals surface area (Å²) in [5.74, 6) is -1.49. The van der Waals surface area contributed by atoms with Gasteiger partial charge in [0.25, 0.3) is 0 Å². The van der Waals surface area contributed by atoms with Gasteiger partial charge in [-0.15, -0.1) is 0 Å². The van der Waals surface area contributed by atoms with Gasteiger partial charge in [-0.2, -0.15) is 0 Å². The molecule has 4 aromatic rings. The van der Waals surface area contributed by atoms with Gasteiger partial charge in [0.1, 0.15) is 24.4 Å². The van der Waals surface area contributed by atoms with Crippen LogP contribution in [-0.4, -0.2) is 70.1 Å². The maximum Gasteiger partial charge on any atom is 0.316 e. The number of hydrogen-bond donors (Lipinski definition) is 0. The summed E-state index contributed by atoms with van der Waals surface area (Å²) in [5.41, 5.74) is 5.69. The first-order valence-corrected chi connectivity index (χ1v) is 22.0. The van der Waals surface area contributed by atoms with E-state index in [0.29, 0.717) is 38.4 Å². The lowest BCUT2D eigenvalue weighted by Crippen LogP contribution is -2.33. The Morgan fingerprint density at radius 3 is 1.20 bits per heavy atom. The van der Waals surface area contributed by atoms with E-state index in [1.165, 1.54) is 51.4 Å². The summed E-state index contributed by atoms with van der Waals surface area (Å²) in [4.78, 5) is 17.9. The number of hydrogen-bond acceptors (Lipinski definition) is 11. The monoisotopic (exact) mass is 810 g/mol. The normalized spacial score (nSPS) is 19.4. The van der Waals surface area contributed by atoms with E-state index in [9.17, 15) is 0 Å². The van der Waals surface area contributed by atoms with Crippen LogP contribution in [0.1, 0.15) is 142 Å². The number of unbranched alkanes of at least 4 members (excludes halogenated alkanes) is 10. The lowest BCUT2D eigenvalue weighted by atomic mass is 9.98. The van der Waals surface area contributed by atoms with E-state index in [-0.39, 0.29) is 12.2 Å². The number of aromatic nitrogens is 4. The van der Waals surface area contributed by atoms with Crippen LogP contribution in [0.4, 0.5) is 0 Å². The Morgan fingerprint density at radius 2 is 0.864 bits per heavy atom. The van der Waals surface area contributed by atoms with Crippen LogP contribution in [0.15, 0.2) is 73.3 Å². The average Bonchev–Trinajstić information content (AvgIpc) is 3.80. The van der Waals surface area contributed by atoms with Crippen molar-refractivity contribution in [3.05, 3.63) is 84.4 Å². The first-order chi connectivity index (χ1) is 28.6. The third-order valence-corrected chi connectivity index (χ3v) is 10.9. The van der Waals surface area contributed by atoms with Crippen LogP contribution in [0.3, 0.4) is 0 Å². The summed E-state index contributed by atoms with van der Waals surface area (Å²) in [7, 11) is 0. The molecule has 4 atom stereocenters. The lowest BCUT2D eigenvalue weighted by molar-refractivity contribution is -0.187. The maximum absolute atomic E-state index is 7.16. The van der Waals surface area contributed by atoms with E-state index >= 15 is 0 Å². The highest BCUT2D eigenvalue weighted by molar-refractivity contribution is 5.63. The van der Waals surface area contributed by atoms with E-state index in [1.54, 1.807) is 0 Å². The zero-order chi connectivity index (χ0) is 41.5. The second-order valence-electron chi connectivity index (χ2n) is 16.7. The summed E-state index contributed by atoms with van der Waals surface area (Å²) in [6.07, 6.45) is 20.1. The van der Waals surface area contributed by atoms with Crippen LogP contribution in [0.2, 0.25) is 0 Å². The fraction of sp³-hybridized carbons (Fsp3) is 0.583. The van der Waals surface area contributed by atoms with Gasteiger partial charge in [-0.05, 0) is 62.8 Å². The molecule has 2 saturated heterocycles. The van der Waals surface area contributed by atoms with E-state index in [0.717, 1.165) is 59.1 Å². The molecule has 320 valence electrons. The second-order valence-corrected chi connectivity index (χ2v) is 16.7. The molecule has 6 rings (SSSR count). The molecule has 2 aliphatic rings. The van der Waals surface area contributed by atoms with E-state index in [1.807, 2.05) is 52.5 Å². The van der Waals surface area contributed by atoms with Gasteiger partial charge in [-0.1, -0.05) is 127 Å².